The van der Waals surface area contributed by atoms with Gasteiger partial charge in [0.05, 0.1) is 11.2 Å². The third kappa shape index (κ3) is 6.85. The molecule has 1 atom stereocenters. The second-order valence-electron chi connectivity index (χ2n) is 11.6. The van der Waals surface area contributed by atoms with Crippen LogP contribution < -0.4 is 15.0 Å². The fourth-order valence-corrected chi connectivity index (χ4v) is 6.73. The zero-order valence-electron chi connectivity index (χ0n) is 25.1. The number of hydrogen-bond acceptors (Lipinski definition) is 5. The maximum absolute atomic E-state index is 13.3. The molecule has 1 N–H and O–H groups in total. The van der Waals surface area contributed by atoms with Crippen LogP contribution in [0, 0.1) is 0 Å². The molecule has 2 fully saturated rings. The van der Waals surface area contributed by atoms with Gasteiger partial charge in [0.25, 0.3) is 0 Å². The van der Waals surface area contributed by atoms with Crippen molar-refractivity contribution < 1.29 is 22.7 Å². The zero-order valence-corrected chi connectivity index (χ0v) is 25.9. The molecule has 2 amide bonds. The Morgan fingerprint density at radius 3 is 2.44 bits per heavy atom. The topological polar surface area (TPSA) is 84.6 Å². The van der Waals surface area contributed by atoms with E-state index in [1.165, 1.54) is 40.8 Å². The van der Waals surface area contributed by atoms with E-state index < -0.39 is 11.9 Å². The molecular formula is C33H33F3N6O2S. The highest BCUT2D eigenvalue weighted by Crippen LogP contribution is 2.46. The molecular weight excluding hydrogens is 601 g/mol. The summed E-state index contributed by atoms with van der Waals surface area (Å²) in [6, 6.07) is 21.3. The number of anilines is 1. The number of hydrogen-bond donors (Lipinski definition) is 1. The number of nitrogens with one attached hydrogen (secondary N) is 1. The maximum atomic E-state index is 13.3. The van der Waals surface area contributed by atoms with Gasteiger partial charge in [0.2, 0.25) is 0 Å². The van der Waals surface area contributed by atoms with Crippen LogP contribution >= 0.6 is 11.8 Å². The van der Waals surface area contributed by atoms with E-state index in [9.17, 15) is 18.0 Å². The van der Waals surface area contributed by atoms with Gasteiger partial charge in [0, 0.05) is 23.0 Å². The molecule has 0 spiro atoms. The number of thioether (sulfide) groups is 1. The van der Waals surface area contributed by atoms with Gasteiger partial charge < -0.3 is 15.0 Å². The van der Waals surface area contributed by atoms with Crippen LogP contribution in [0.4, 0.5) is 23.7 Å². The van der Waals surface area contributed by atoms with Gasteiger partial charge >= 0.3 is 12.4 Å². The molecule has 1 aromatic heterocycles. The van der Waals surface area contributed by atoms with Crippen LogP contribution in [0.5, 0.6) is 5.75 Å². The van der Waals surface area contributed by atoms with Gasteiger partial charge in [-0.2, -0.15) is 4.99 Å². The first-order valence-electron chi connectivity index (χ1n) is 14.8. The lowest BCUT2D eigenvalue weighted by atomic mass is 9.99. The van der Waals surface area contributed by atoms with Gasteiger partial charge in [0.1, 0.15) is 12.1 Å². The standard InChI is InChI=1S/C33H33F3N6O2S/c1-21(2)27-6-4-5-7-28(27)42-22(3)16-19-45-31(42)38-30(43)39-32(17-18-32)24-10-8-23(9-11-24)29-37-20-41(40-29)25-12-14-26(15-13-25)44-33(34,35)36/h4-15,20-22H,16-19H2,1-3H3,(H,39,43). The number of halogens is 3. The van der Waals surface area contributed by atoms with Crippen LogP contribution in [-0.4, -0.2) is 44.1 Å². The van der Waals surface area contributed by atoms with Crippen molar-refractivity contribution in [2.75, 3.05) is 10.7 Å². The van der Waals surface area contributed by atoms with Crippen LogP contribution in [0.15, 0.2) is 84.1 Å². The highest BCUT2D eigenvalue weighted by molar-refractivity contribution is 8.14. The summed E-state index contributed by atoms with van der Waals surface area (Å²) in [5.41, 5.74) is 4.14. The minimum absolute atomic E-state index is 0.222. The van der Waals surface area contributed by atoms with Gasteiger partial charge in [-0.25, -0.2) is 14.5 Å². The molecule has 8 nitrogen and oxygen atoms in total. The predicted molar refractivity (Wildman–Crippen MR) is 170 cm³/mol. The minimum atomic E-state index is -4.75. The monoisotopic (exact) mass is 634 g/mol. The molecule has 2 heterocycles. The Morgan fingerprint density at radius 1 is 1.07 bits per heavy atom. The van der Waals surface area contributed by atoms with E-state index in [0.29, 0.717) is 17.4 Å². The number of urea groups is 1. The molecule has 45 heavy (non-hydrogen) atoms. The lowest BCUT2D eigenvalue weighted by Gasteiger charge is -2.37. The fourth-order valence-electron chi connectivity index (χ4n) is 5.52. The predicted octanol–water partition coefficient (Wildman–Crippen LogP) is 8.04. The summed E-state index contributed by atoms with van der Waals surface area (Å²) in [7, 11) is 0. The normalized spacial score (nSPS) is 18.7. The average Bonchev–Trinajstić information content (AvgIpc) is 3.61. The number of nitrogens with zero attached hydrogens (tertiary/aromatic N) is 5. The van der Waals surface area contributed by atoms with E-state index in [1.807, 2.05) is 36.4 Å². The molecule has 1 saturated heterocycles. The lowest BCUT2D eigenvalue weighted by molar-refractivity contribution is -0.274. The maximum Gasteiger partial charge on any atom is 0.573 e. The van der Waals surface area contributed by atoms with E-state index in [0.717, 1.165) is 47.0 Å². The number of ether oxygens (including phenoxy) is 1. The minimum Gasteiger partial charge on any atom is -0.406 e. The largest absolute Gasteiger partial charge is 0.573 e. The van der Waals surface area contributed by atoms with Crippen molar-refractivity contribution in [3.63, 3.8) is 0 Å². The second-order valence-corrected chi connectivity index (χ2v) is 12.7. The summed E-state index contributed by atoms with van der Waals surface area (Å²) in [6.07, 6.45) is -0.624. The van der Waals surface area contributed by atoms with Crippen molar-refractivity contribution in [2.24, 2.45) is 4.99 Å². The number of carbonyl (C=O) groups is 1. The molecule has 6 rings (SSSR count). The molecule has 1 aliphatic carbocycles. The molecule has 1 unspecified atom stereocenters. The molecule has 4 aromatic rings. The lowest BCUT2D eigenvalue weighted by Crippen LogP contribution is -2.43. The van der Waals surface area contributed by atoms with Crippen molar-refractivity contribution in [1.82, 2.24) is 20.1 Å². The number of rotatable bonds is 7. The summed E-state index contributed by atoms with van der Waals surface area (Å²) < 4.78 is 42.8. The highest BCUT2D eigenvalue weighted by Gasteiger charge is 2.46. The summed E-state index contributed by atoms with van der Waals surface area (Å²) in [4.78, 5) is 24.5. The summed E-state index contributed by atoms with van der Waals surface area (Å²) in [5, 5.41) is 8.37. The van der Waals surface area contributed by atoms with E-state index in [2.05, 4.69) is 62.9 Å². The molecule has 1 saturated carbocycles. The van der Waals surface area contributed by atoms with Crippen molar-refractivity contribution in [3.8, 4) is 22.8 Å². The Balaban J connectivity index is 1.15. The number of aromatic nitrogens is 3. The third-order valence-electron chi connectivity index (χ3n) is 8.05. The second kappa shape index (κ2) is 12.2. The molecule has 0 bridgehead atoms. The average molecular weight is 635 g/mol. The first-order chi connectivity index (χ1) is 21.5. The highest BCUT2D eigenvalue weighted by atomic mass is 32.2. The number of benzene rings is 3. The van der Waals surface area contributed by atoms with Gasteiger partial charge in [-0.1, -0.05) is 68.1 Å². The fraction of sp³-hybridized carbons (Fsp3) is 0.333. The van der Waals surface area contributed by atoms with E-state index in [-0.39, 0.29) is 17.8 Å². The summed E-state index contributed by atoms with van der Waals surface area (Å²) in [6.45, 7) is 6.52. The van der Waals surface area contributed by atoms with Crippen molar-refractivity contribution in [1.29, 1.82) is 0 Å². The SMILES string of the molecule is CC(C)c1ccccc1N1C(=NC(=O)NC2(c3ccc(-c4ncn(-c5ccc(OC(F)(F)F)cc5)n4)cc3)CC2)SCCC1C. The van der Waals surface area contributed by atoms with Crippen LogP contribution in [-0.2, 0) is 5.54 Å². The Morgan fingerprint density at radius 2 is 1.78 bits per heavy atom. The van der Waals surface area contributed by atoms with Gasteiger partial charge in [-0.3, -0.25) is 0 Å². The van der Waals surface area contributed by atoms with Gasteiger partial charge in [0.15, 0.2) is 11.0 Å². The molecule has 12 heteroatoms. The summed E-state index contributed by atoms with van der Waals surface area (Å²) >= 11 is 1.61. The van der Waals surface area contributed by atoms with Crippen LogP contribution in [0.2, 0.25) is 0 Å². The number of alkyl halides is 3. The molecule has 2 aliphatic rings. The number of amides is 2. The zero-order chi connectivity index (χ0) is 31.8. The van der Waals surface area contributed by atoms with Crippen molar-refractivity contribution >= 4 is 28.6 Å². The van der Waals surface area contributed by atoms with Gasteiger partial charge in [-0.15, -0.1) is 18.3 Å². The Labute approximate surface area is 263 Å². The Kier molecular flexibility index (Phi) is 8.34. The van der Waals surface area contributed by atoms with Crippen molar-refractivity contribution in [2.45, 2.75) is 63.9 Å². The van der Waals surface area contributed by atoms with E-state index in [1.54, 1.807) is 11.8 Å². The molecule has 1 aliphatic heterocycles. The number of amidine groups is 1. The Hall–Kier alpha value is -4.32. The first-order valence-corrected chi connectivity index (χ1v) is 15.8. The number of aliphatic imine (C=N–C) groups is 1. The molecule has 0 radical (unpaired) electrons. The van der Waals surface area contributed by atoms with Crippen LogP contribution in [0.3, 0.4) is 0 Å². The molecule has 234 valence electrons. The van der Waals surface area contributed by atoms with E-state index in [4.69, 9.17) is 0 Å². The Bertz CT molecular complexity index is 1700. The number of carbonyl (C=O) groups excluding carboxylic acids is 1. The van der Waals surface area contributed by atoms with Crippen LogP contribution in [0.1, 0.15) is 57.1 Å². The van der Waals surface area contributed by atoms with E-state index >= 15 is 0 Å². The smallest absolute Gasteiger partial charge is 0.406 e. The van der Waals surface area contributed by atoms with Crippen LogP contribution in [0.25, 0.3) is 17.1 Å². The quantitative estimate of drug-likeness (QED) is 0.222. The molecule has 3 aromatic carbocycles. The van der Waals surface area contributed by atoms with Gasteiger partial charge in [-0.05, 0) is 73.6 Å². The first kappa shape index (κ1) is 30.7. The third-order valence-corrected chi connectivity index (χ3v) is 9.03. The summed E-state index contributed by atoms with van der Waals surface area (Å²) in [5.74, 6) is 1.39. The van der Waals surface area contributed by atoms with Crippen molar-refractivity contribution in [3.05, 3.63) is 90.3 Å². The number of para-hydroxylation sites is 1.